The zero-order valence-corrected chi connectivity index (χ0v) is 16.5. The standard InChI is InChI=1S/C22H25N3O5/c1-22(25-21(29)30,11-15-12-23-17-10-6-5-9-16(15)17)20(28)24-18(13-26)19(27)14-7-3-2-4-8-14/h2-10,12,18-19,23,25-27H,11,13H2,1H3,(H,24,28)(H,29,30)/t18?,19?,22-/m0/s1. The smallest absolute Gasteiger partial charge is 0.405 e. The van der Waals surface area contributed by atoms with Gasteiger partial charge in [-0.05, 0) is 24.1 Å². The van der Waals surface area contributed by atoms with Crippen LogP contribution in [0.15, 0.2) is 60.8 Å². The van der Waals surface area contributed by atoms with Crippen molar-refractivity contribution in [1.29, 1.82) is 0 Å². The molecule has 0 radical (unpaired) electrons. The summed E-state index contributed by atoms with van der Waals surface area (Å²) >= 11 is 0. The number of nitrogens with one attached hydrogen (secondary N) is 3. The second-order valence-electron chi connectivity index (χ2n) is 7.42. The second-order valence-corrected chi connectivity index (χ2v) is 7.42. The van der Waals surface area contributed by atoms with Crippen molar-refractivity contribution in [2.75, 3.05) is 6.61 Å². The minimum absolute atomic E-state index is 0.0781. The van der Waals surface area contributed by atoms with Gasteiger partial charge >= 0.3 is 6.09 Å². The van der Waals surface area contributed by atoms with Gasteiger partial charge in [-0.3, -0.25) is 4.79 Å². The van der Waals surface area contributed by atoms with E-state index < -0.39 is 36.3 Å². The van der Waals surface area contributed by atoms with E-state index in [1.165, 1.54) is 6.92 Å². The van der Waals surface area contributed by atoms with Gasteiger partial charge in [0.05, 0.1) is 12.6 Å². The van der Waals surface area contributed by atoms with E-state index in [2.05, 4.69) is 15.6 Å². The number of para-hydroxylation sites is 1. The van der Waals surface area contributed by atoms with Crippen molar-refractivity contribution in [3.05, 3.63) is 71.9 Å². The summed E-state index contributed by atoms with van der Waals surface area (Å²) in [5, 5.41) is 35.4. The summed E-state index contributed by atoms with van der Waals surface area (Å²) in [6.45, 7) is 0.958. The van der Waals surface area contributed by atoms with Gasteiger partial charge in [0.2, 0.25) is 5.91 Å². The van der Waals surface area contributed by atoms with Gasteiger partial charge in [-0.25, -0.2) is 4.79 Å². The summed E-state index contributed by atoms with van der Waals surface area (Å²) in [4.78, 5) is 27.6. The Morgan fingerprint density at radius 3 is 2.43 bits per heavy atom. The highest BCUT2D eigenvalue weighted by Gasteiger charge is 2.38. The molecule has 3 atom stereocenters. The molecule has 30 heavy (non-hydrogen) atoms. The Kier molecular flexibility index (Phi) is 6.39. The quantitative estimate of drug-likeness (QED) is 0.337. The number of carboxylic acid groups (broad SMARTS) is 1. The van der Waals surface area contributed by atoms with Crippen molar-refractivity contribution < 1.29 is 24.9 Å². The Hall–Kier alpha value is -3.36. The first-order valence-electron chi connectivity index (χ1n) is 9.55. The van der Waals surface area contributed by atoms with Gasteiger partial charge in [0, 0.05) is 23.5 Å². The van der Waals surface area contributed by atoms with E-state index in [4.69, 9.17) is 0 Å². The Labute approximate surface area is 173 Å². The van der Waals surface area contributed by atoms with Crippen LogP contribution in [0.1, 0.15) is 24.2 Å². The molecular formula is C22H25N3O5. The second kappa shape index (κ2) is 8.98. The number of benzene rings is 2. The molecule has 0 aliphatic carbocycles. The molecule has 1 heterocycles. The minimum Gasteiger partial charge on any atom is -0.465 e. The molecule has 0 spiro atoms. The fourth-order valence-corrected chi connectivity index (χ4v) is 3.51. The average Bonchev–Trinajstić information content (AvgIpc) is 3.14. The predicted molar refractivity (Wildman–Crippen MR) is 112 cm³/mol. The lowest BCUT2D eigenvalue weighted by Crippen LogP contribution is -2.60. The van der Waals surface area contributed by atoms with Crippen LogP contribution < -0.4 is 10.6 Å². The van der Waals surface area contributed by atoms with Crippen LogP contribution >= 0.6 is 0 Å². The van der Waals surface area contributed by atoms with Crippen LogP contribution in [0.2, 0.25) is 0 Å². The molecule has 0 saturated carbocycles. The van der Waals surface area contributed by atoms with E-state index in [0.29, 0.717) is 5.56 Å². The van der Waals surface area contributed by atoms with E-state index in [0.717, 1.165) is 16.5 Å². The molecular weight excluding hydrogens is 386 g/mol. The van der Waals surface area contributed by atoms with E-state index >= 15 is 0 Å². The number of carbonyl (C=O) groups excluding carboxylic acids is 1. The van der Waals surface area contributed by atoms with Gasteiger partial charge in [-0.2, -0.15) is 0 Å². The molecule has 8 heteroatoms. The number of aliphatic hydroxyl groups excluding tert-OH is 2. The zero-order chi connectivity index (χ0) is 21.7. The first-order chi connectivity index (χ1) is 14.3. The van der Waals surface area contributed by atoms with Crippen molar-refractivity contribution in [3.63, 3.8) is 0 Å². The SMILES string of the molecule is C[C@@](Cc1c[nH]c2ccccc12)(NC(=O)O)C(=O)NC(CO)C(O)c1ccccc1. The van der Waals surface area contributed by atoms with E-state index in [9.17, 15) is 24.9 Å². The van der Waals surface area contributed by atoms with E-state index in [-0.39, 0.29) is 6.42 Å². The third-order valence-electron chi connectivity index (χ3n) is 5.14. The number of rotatable bonds is 8. The summed E-state index contributed by atoms with van der Waals surface area (Å²) in [5.41, 5.74) is 0.640. The average molecular weight is 411 g/mol. The number of fused-ring (bicyclic) bond motifs is 1. The summed E-state index contributed by atoms with van der Waals surface area (Å²) in [7, 11) is 0. The fraction of sp³-hybridized carbons (Fsp3) is 0.273. The fourth-order valence-electron chi connectivity index (χ4n) is 3.51. The highest BCUT2D eigenvalue weighted by atomic mass is 16.4. The summed E-state index contributed by atoms with van der Waals surface area (Å²) < 4.78 is 0. The number of hydrogen-bond acceptors (Lipinski definition) is 4. The first kappa shape index (κ1) is 21.4. The monoisotopic (exact) mass is 411 g/mol. The third-order valence-corrected chi connectivity index (χ3v) is 5.14. The third kappa shape index (κ3) is 4.61. The molecule has 1 aromatic heterocycles. The molecule has 3 rings (SSSR count). The number of aromatic nitrogens is 1. The predicted octanol–water partition coefficient (Wildman–Crippen LogP) is 1.95. The highest BCUT2D eigenvalue weighted by molar-refractivity contribution is 5.91. The van der Waals surface area contributed by atoms with E-state index in [1.807, 2.05) is 24.3 Å². The van der Waals surface area contributed by atoms with Crippen LogP contribution in [-0.4, -0.2) is 50.5 Å². The Balaban J connectivity index is 1.84. The number of amides is 2. The Morgan fingerprint density at radius 2 is 1.77 bits per heavy atom. The first-order valence-corrected chi connectivity index (χ1v) is 9.55. The molecule has 0 aliphatic heterocycles. The van der Waals surface area contributed by atoms with Crippen molar-refractivity contribution in [2.24, 2.45) is 0 Å². The van der Waals surface area contributed by atoms with Crippen LogP contribution in [0.4, 0.5) is 4.79 Å². The van der Waals surface area contributed by atoms with Crippen LogP contribution in [0.25, 0.3) is 10.9 Å². The lowest BCUT2D eigenvalue weighted by molar-refractivity contribution is -0.129. The molecule has 8 nitrogen and oxygen atoms in total. The maximum absolute atomic E-state index is 13.1. The molecule has 2 aromatic carbocycles. The zero-order valence-electron chi connectivity index (χ0n) is 16.5. The van der Waals surface area contributed by atoms with Gasteiger partial charge in [0.1, 0.15) is 11.6 Å². The number of aromatic amines is 1. The highest BCUT2D eigenvalue weighted by Crippen LogP contribution is 2.24. The topological polar surface area (TPSA) is 135 Å². The number of hydrogen-bond donors (Lipinski definition) is 6. The van der Waals surface area contributed by atoms with Gasteiger partial charge in [0.15, 0.2) is 0 Å². The van der Waals surface area contributed by atoms with Gasteiger partial charge < -0.3 is 30.9 Å². The minimum atomic E-state index is -1.53. The van der Waals surface area contributed by atoms with Gasteiger partial charge in [-0.15, -0.1) is 0 Å². The van der Waals surface area contributed by atoms with Crippen molar-refractivity contribution >= 4 is 22.9 Å². The molecule has 0 saturated heterocycles. The van der Waals surface area contributed by atoms with Crippen LogP contribution in [0.3, 0.4) is 0 Å². The maximum atomic E-state index is 13.1. The summed E-state index contributed by atoms with van der Waals surface area (Å²) in [6, 6.07) is 15.1. The molecule has 158 valence electrons. The number of carbonyl (C=O) groups is 2. The molecule has 0 aliphatic rings. The van der Waals surface area contributed by atoms with Crippen LogP contribution in [-0.2, 0) is 11.2 Å². The molecule has 2 amide bonds. The Morgan fingerprint density at radius 1 is 1.10 bits per heavy atom. The van der Waals surface area contributed by atoms with Crippen molar-refractivity contribution in [3.8, 4) is 0 Å². The Bertz CT molecular complexity index is 1020. The molecule has 3 aromatic rings. The summed E-state index contributed by atoms with van der Waals surface area (Å²) in [5.74, 6) is -0.649. The normalized spacial score (nSPS) is 15.2. The van der Waals surface area contributed by atoms with Crippen LogP contribution in [0.5, 0.6) is 0 Å². The summed E-state index contributed by atoms with van der Waals surface area (Å²) in [6.07, 6.45) is -0.685. The van der Waals surface area contributed by atoms with E-state index in [1.54, 1.807) is 36.5 Å². The van der Waals surface area contributed by atoms with Crippen LogP contribution in [0, 0.1) is 0 Å². The lowest BCUT2D eigenvalue weighted by atomic mass is 9.90. The molecule has 0 bridgehead atoms. The van der Waals surface area contributed by atoms with Gasteiger partial charge in [-0.1, -0.05) is 48.5 Å². The molecule has 2 unspecified atom stereocenters. The lowest BCUT2D eigenvalue weighted by Gasteiger charge is -2.31. The largest absolute Gasteiger partial charge is 0.465 e. The number of aliphatic hydroxyl groups is 2. The van der Waals surface area contributed by atoms with Gasteiger partial charge in [0.25, 0.3) is 0 Å². The van der Waals surface area contributed by atoms with Crippen molar-refractivity contribution in [1.82, 2.24) is 15.6 Å². The maximum Gasteiger partial charge on any atom is 0.405 e. The molecule has 6 N–H and O–H groups in total. The number of H-pyrrole nitrogens is 1. The molecule has 0 fully saturated rings. The van der Waals surface area contributed by atoms with Crippen molar-refractivity contribution in [2.45, 2.75) is 31.0 Å².